The summed E-state index contributed by atoms with van der Waals surface area (Å²) in [6.45, 7) is 3.01. The molecular weight excluding hydrogens is 540 g/mol. The predicted octanol–water partition coefficient (Wildman–Crippen LogP) is -2.55. The first-order valence-electron chi connectivity index (χ1n) is 12.0. The minimum atomic E-state index is -1.60. The van der Waals surface area contributed by atoms with Gasteiger partial charge in [0.15, 0.2) is 11.2 Å². The molecule has 16 heteroatoms. The zero-order chi connectivity index (χ0) is 30.2. The van der Waals surface area contributed by atoms with Gasteiger partial charge in [-0.05, 0) is 6.42 Å². The molecule has 222 valence electrons. The molecule has 39 heavy (non-hydrogen) atoms. The number of nitrogens with one attached hydrogen (secondary N) is 3. The van der Waals surface area contributed by atoms with Gasteiger partial charge >= 0.3 is 11.9 Å². The van der Waals surface area contributed by atoms with Crippen molar-refractivity contribution >= 4 is 52.3 Å². The highest BCUT2D eigenvalue weighted by Crippen LogP contribution is 2.21. The van der Waals surface area contributed by atoms with Crippen LogP contribution in [0.5, 0.6) is 0 Å². The first kappa shape index (κ1) is 35.9. The molecule has 0 aromatic heterocycles. The van der Waals surface area contributed by atoms with Crippen LogP contribution in [0.4, 0.5) is 0 Å². The third kappa shape index (κ3) is 15.8. The lowest BCUT2D eigenvalue weighted by atomic mass is 9.87. The Balaban J connectivity index is 4.24. The maximum Gasteiger partial charge on any atom is 0.331 e. The largest absolute Gasteiger partial charge is 0.480 e. The SMILES string of the molecule is CC(=O)N[C@@H](CO)C(=O)OCC(C)(C)[C@@H](O)C(=O)NCCC(=O)NCCSC(=O)CC(=O)CC[C@H](N)C(=O)O. The van der Waals surface area contributed by atoms with E-state index in [9.17, 15) is 43.8 Å². The molecule has 0 rings (SSSR count). The molecule has 0 aliphatic carbocycles. The molecule has 0 unspecified atom stereocenters. The molecule has 0 radical (unpaired) electrons. The Hall–Kier alpha value is -3.08. The van der Waals surface area contributed by atoms with E-state index >= 15 is 0 Å². The van der Waals surface area contributed by atoms with Crippen LogP contribution < -0.4 is 21.7 Å². The summed E-state index contributed by atoms with van der Waals surface area (Å²) in [7, 11) is 0. The molecule has 3 atom stereocenters. The van der Waals surface area contributed by atoms with Gasteiger partial charge in [-0.25, -0.2) is 4.79 Å². The van der Waals surface area contributed by atoms with Crippen LogP contribution in [-0.2, 0) is 38.3 Å². The zero-order valence-electron chi connectivity index (χ0n) is 22.2. The summed E-state index contributed by atoms with van der Waals surface area (Å²) >= 11 is 0.840. The number of carbonyl (C=O) groups is 7. The maximum atomic E-state index is 12.3. The van der Waals surface area contributed by atoms with E-state index in [0.717, 1.165) is 18.7 Å². The predicted molar refractivity (Wildman–Crippen MR) is 138 cm³/mol. The average molecular weight is 579 g/mol. The number of hydrogen-bond donors (Lipinski definition) is 7. The van der Waals surface area contributed by atoms with Gasteiger partial charge in [0, 0.05) is 44.0 Å². The van der Waals surface area contributed by atoms with E-state index < -0.39 is 77.4 Å². The number of amides is 3. The number of hydrogen-bond acceptors (Lipinski definition) is 12. The lowest BCUT2D eigenvalue weighted by Gasteiger charge is -2.29. The Morgan fingerprint density at radius 2 is 1.67 bits per heavy atom. The van der Waals surface area contributed by atoms with Crippen molar-refractivity contribution in [1.29, 1.82) is 0 Å². The number of thioether (sulfide) groups is 1. The zero-order valence-corrected chi connectivity index (χ0v) is 23.0. The first-order chi connectivity index (χ1) is 18.1. The van der Waals surface area contributed by atoms with E-state index in [1.54, 1.807) is 0 Å². The van der Waals surface area contributed by atoms with Gasteiger partial charge in [0.2, 0.25) is 17.7 Å². The quantitative estimate of drug-likeness (QED) is 0.0474. The van der Waals surface area contributed by atoms with Gasteiger partial charge < -0.3 is 41.7 Å². The van der Waals surface area contributed by atoms with E-state index in [-0.39, 0.29) is 44.5 Å². The van der Waals surface area contributed by atoms with Crippen LogP contribution in [0.2, 0.25) is 0 Å². The van der Waals surface area contributed by atoms with Crippen LogP contribution in [0.25, 0.3) is 0 Å². The van der Waals surface area contributed by atoms with E-state index in [1.165, 1.54) is 13.8 Å². The summed E-state index contributed by atoms with van der Waals surface area (Å²) in [6.07, 6.45) is -2.28. The lowest BCUT2D eigenvalue weighted by molar-refractivity contribution is -0.157. The molecule has 0 heterocycles. The summed E-state index contributed by atoms with van der Waals surface area (Å²) in [6, 6.07) is -2.45. The standard InChI is InChI=1S/C23H38N4O11S/c1-13(29)27-16(11-28)22(37)38-12-23(2,3)19(33)20(34)26-7-6-17(31)25-8-9-39-18(32)10-14(30)4-5-15(24)21(35)36/h15-16,19,28,33H,4-12,24H2,1-3H3,(H,25,31)(H,26,34)(H,27,29)(H,35,36)/t15-,16-,19-/m0/s1. The molecular formula is C23H38N4O11S. The highest BCUT2D eigenvalue weighted by Gasteiger charge is 2.35. The number of ether oxygens (including phenoxy) is 1. The number of nitrogens with two attached hydrogens (primary N) is 1. The lowest BCUT2D eigenvalue weighted by Crippen LogP contribution is -2.48. The summed E-state index contributed by atoms with van der Waals surface area (Å²) in [5.74, 6) is -4.18. The fourth-order valence-electron chi connectivity index (χ4n) is 2.80. The average Bonchev–Trinajstić information content (AvgIpc) is 2.86. The van der Waals surface area contributed by atoms with Crippen molar-refractivity contribution in [1.82, 2.24) is 16.0 Å². The Bertz CT molecular complexity index is 897. The highest BCUT2D eigenvalue weighted by molar-refractivity contribution is 8.13. The van der Waals surface area contributed by atoms with E-state index in [1.807, 2.05) is 0 Å². The van der Waals surface area contributed by atoms with Crippen molar-refractivity contribution in [2.24, 2.45) is 11.1 Å². The molecule has 0 aromatic carbocycles. The number of aliphatic hydroxyl groups is 2. The number of carbonyl (C=O) groups excluding carboxylic acids is 6. The molecule has 0 bridgehead atoms. The highest BCUT2D eigenvalue weighted by atomic mass is 32.2. The first-order valence-corrected chi connectivity index (χ1v) is 13.0. The summed E-state index contributed by atoms with van der Waals surface area (Å²) < 4.78 is 5.01. The van der Waals surface area contributed by atoms with Crippen LogP contribution in [-0.4, -0.2) is 106 Å². The van der Waals surface area contributed by atoms with Gasteiger partial charge in [0.25, 0.3) is 0 Å². The Morgan fingerprint density at radius 3 is 2.23 bits per heavy atom. The summed E-state index contributed by atoms with van der Waals surface area (Å²) in [5.41, 5.74) is 4.07. The third-order valence-corrected chi connectivity index (χ3v) is 6.03. The summed E-state index contributed by atoms with van der Waals surface area (Å²) in [5, 5.41) is 34.9. The number of aliphatic carboxylic acids is 1. The van der Waals surface area contributed by atoms with Crippen molar-refractivity contribution < 1.29 is 53.6 Å². The topological polar surface area (TPSA) is 252 Å². The van der Waals surface area contributed by atoms with E-state index in [2.05, 4.69) is 16.0 Å². The van der Waals surface area contributed by atoms with Crippen molar-refractivity contribution in [3.63, 3.8) is 0 Å². The molecule has 8 N–H and O–H groups in total. The number of esters is 1. The molecule has 0 aliphatic heterocycles. The smallest absolute Gasteiger partial charge is 0.331 e. The second-order valence-electron chi connectivity index (χ2n) is 9.24. The summed E-state index contributed by atoms with van der Waals surface area (Å²) in [4.78, 5) is 81.3. The van der Waals surface area contributed by atoms with Crippen LogP contribution >= 0.6 is 11.8 Å². The van der Waals surface area contributed by atoms with E-state index in [0.29, 0.717) is 0 Å². The van der Waals surface area contributed by atoms with Crippen molar-refractivity contribution in [3.05, 3.63) is 0 Å². The van der Waals surface area contributed by atoms with Gasteiger partial charge in [-0.1, -0.05) is 25.6 Å². The number of ketones is 1. The molecule has 0 fully saturated rings. The van der Waals surface area contributed by atoms with Gasteiger partial charge in [0.1, 0.15) is 17.9 Å². The molecule has 0 spiro atoms. The number of rotatable bonds is 19. The van der Waals surface area contributed by atoms with Crippen LogP contribution in [0.15, 0.2) is 0 Å². The molecule has 3 amide bonds. The third-order valence-electron chi connectivity index (χ3n) is 5.15. The van der Waals surface area contributed by atoms with Crippen molar-refractivity contribution in [3.8, 4) is 0 Å². The number of carboxylic acid groups (broad SMARTS) is 1. The second-order valence-corrected chi connectivity index (χ2v) is 10.4. The monoisotopic (exact) mass is 578 g/mol. The molecule has 0 aliphatic rings. The van der Waals surface area contributed by atoms with Crippen LogP contribution in [0.1, 0.15) is 46.5 Å². The number of aliphatic hydroxyl groups excluding tert-OH is 2. The minimum Gasteiger partial charge on any atom is -0.480 e. The molecule has 0 aromatic rings. The van der Waals surface area contributed by atoms with Gasteiger partial charge in [-0.15, -0.1) is 0 Å². The van der Waals surface area contributed by atoms with Gasteiger partial charge in [-0.2, -0.15) is 0 Å². The minimum absolute atomic E-state index is 0.0638. The second kappa shape index (κ2) is 18.3. The fourth-order valence-corrected chi connectivity index (χ4v) is 3.49. The van der Waals surface area contributed by atoms with Gasteiger partial charge in [0.05, 0.1) is 19.6 Å². The number of carboxylic acids is 1. The Labute approximate surface area is 230 Å². The molecule has 15 nitrogen and oxygen atoms in total. The van der Waals surface area contributed by atoms with Crippen LogP contribution in [0.3, 0.4) is 0 Å². The molecule has 0 saturated carbocycles. The van der Waals surface area contributed by atoms with Crippen molar-refractivity contribution in [2.75, 3.05) is 32.1 Å². The Kier molecular flexibility index (Phi) is 16.8. The van der Waals surface area contributed by atoms with Crippen LogP contribution in [0, 0.1) is 5.41 Å². The Morgan fingerprint density at radius 1 is 1.03 bits per heavy atom. The maximum absolute atomic E-state index is 12.3. The molecule has 0 saturated heterocycles. The van der Waals surface area contributed by atoms with Gasteiger partial charge in [-0.3, -0.25) is 28.8 Å². The number of Topliss-reactive ketones (excluding diaryl/α,β-unsaturated/α-hetero) is 1. The normalized spacial score (nSPS) is 13.4. The van der Waals surface area contributed by atoms with E-state index in [4.69, 9.17) is 15.6 Å². The van der Waals surface area contributed by atoms with Crippen molar-refractivity contribution in [2.45, 2.75) is 64.6 Å². The fraction of sp³-hybridized carbons (Fsp3) is 0.696.